The molecule has 1 aromatic rings. The summed E-state index contributed by atoms with van der Waals surface area (Å²) in [6, 6.07) is 9.93. The van der Waals surface area contributed by atoms with Crippen LogP contribution in [-0.4, -0.2) is 36.7 Å². The van der Waals surface area contributed by atoms with Crippen molar-refractivity contribution in [1.29, 1.82) is 0 Å². The first-order chi connectivity index (χ1) is 9.88. The molecule has 2 heterocycles. The fourth-order valence-corrected chi connectivity index (χ4v) is 3.61. The smallest absolute Gasteiger partial charge is 0.0736 e. The third-order valence-corrected chi connectivity index (χ3v) is 4.68. The molecule has 2 fully saturated rings. The Morgan fingerprint density at radius 1 is 1.20 bits per heavy atom. The fraction of sp³-hybridized carbons (Fsp3) is 0.647. The second kappa shape index (κ2) is 6.59. The third-order valence-electron chi connectivity index (χ3n) is 4.68. The zero-order valence-electron chi connectivity index (χ0n) is 12.5. The van der Waals surface area contributed by atoms with Gasteiger partial charge in [-0.3, -0.25) is 4.90 Å². The summed E-state index contributed by atoms with van der Waals surface area (Å²) in [7, 11) is 0. The molecule has 0 aliphatic carbocycles. The summed E-state index contributed by atoms with van der Waals surface area (Å²) in [4.78, 5) is 2.67. The molecule has 2 aliphatic heterocycles. The van der Waals surface area contributed by atoms with Crippen LogP contribution in [0.15, 0.2) is 24.3 Å². The summed E-state index contributed by atoms with van der Waals surface area (Å²) < 4.78 is 5.58. The SMILES string of the molecule is CCOCc1ccccc1NC1CCN2CCCCC12. The van der Waals surface area contributed by atoms with Gasteiger partial charge < -0.3 is 10.1 Å². The van der Waals surface area contributed by atoms with Gasteiger partial charge >= 0.3 is 0 Å². The standard InChI is InChI=1S/C17H26N2O/c1-2-20-13-14-7-3-4-8-15(14)18-16-10-12-19-11-6-5-9-17(16)19/h3-4,7-8,16-18H,2,5-6,9-13H2,1H3. The van der Waals surface area contributed by atoms with Crippen LogP contribution in [0.2, 0.25) is 0 Å². The van der Waals surface area contributed by atoms with Crippen LogP contribution >= 0.6 is 0 Å². The van der Waals surface area contributed by atoms with Crippen molar-refractivity contribution in [2.45, 2.75) is 51.3 Å². The minimum absolute atomic E-state index is 0.609. The highest BCUT2D eigenvalue weighted by atomic mass is 16.5. The molecule has 3 nitrogen and oxygen atoms in total. The number of rotatable bonds is 5. The number of nitrogens with one attached hydrogen (secondary N) is 1. The van der Waals surface area contributed by atoms with E-state index < -0.39 is 0 Å². The number of anilines is 1. The molecule has 20 heavy (non-hydrogen) atoms. The minimum atomic E-state index is 0.609. The molecule has 2 unspecified atom stereocenters. The fourth-order valence-electron chi connectivity index (χ4n) is 3.61. The van der Waals surface area contributed by atoms with E-state index in [9.17, 15) is 0 Å². The van der Waals surface area contributed by atoms with Gasteiger partial charge in [0.05, 0.1) is 6.61 Å². The number of fused-ring (bicyclic) bond motifs is 1. The molecule has 0 radical (unpaired) electrons. The molecule has 0 bridgehead atoms. The number of hydrogen-bond acceptors (Lipinski definition) is 3. The predicted molar refractivity (Wildman–Crippen MR) is 83.0 cm³/mol. The van der Waals surface area contributed by atoms with E-state index in [0.29, 0.717) is 12.6 Å². The van der Waals surface area contributed by atoms with Crippen molar-refractivity contribution in [1.82, 2.24) is 4.90 Å². The Kier molecular flexibility index (Phi) is 4.58. The van der Waals surface area contributed by atoms with Gasteiger partial charge in [0, 0.05) is 36.5 Å². The highest BCUT2D eigenvalue weighted by molar-refractivity contribution is 5.52. The summed E-state index contributed by atoms with van der Waals surface area (Å²) in [6.07, 6.45) is 5.39. The van der Waals surface area contributed by atoms with Crippen LogP contribution in [0.3, 0.4) is 0 Å². The molecule has 0 spiro atoms. The first-order valence-electron chi connectivity index (χ1n) is 8.04. The topological polar surface area (TPSA) is 24.5 Å². The van der Waals surface area contributed by atoms with Crippen molar-refractivity contribution in [3.8, 4) is 0 Å². The number of hydrogen-bond donors (Lipinski definition) is 1. The Hall–Kier alpha value is -1.06. The highest BCUT2D eigenvalue weighted by Gasteiger charge is 2.35. The van der Waals surface area contributed by atoms with E-state index in [4.69, 9.17) is 4.74 Å². The van der Waals surface area contributed by atoms with Crippen molar-refractivity contribution in [3.63, 3.8) is 0 Å². The van der Waals surface area contributed by atoms with Crippen LogP contribution in [0.25, 0.3) is 0 Å². The average Bonchev–Trinajstić information content (AvgIpc) is 2.90. The molecule has 3 rings (SSSR count). The van der Waals surface area contributed by atoms with E-state index in [2.05, 4.69) is 34.5 Å². The zero-order chi connectivity index (χ0) is 13.8. The first kappa shape index (κ1) is 13.9. The molecule has 2 aliphatic rings. The Balaban J connectivity index is 1.68. The summed E-state index contributed by atoms with van der Waals surface area (Å²) in [5.74, 6) is 0. The number of ether oxygens (including phenoxy) is 1. The largest absolute Gasteiger partial charge is 0.380 e. The first-order valence-corrected chi connectivity index (χ1v) is 8.04. The molecule has 110 valence electrons. The Morgan fingerprint density at radius 3 is 3.00 bits per heavy atom. The number of para-hydroxylation sites is 1. The van der Waals surface area contributed by atoms with Gasteiger partial charge in [0.2, 0.25) is 0 Å². The highest BCUT2D eigenvalue weighted by Crippen LogP contribution is 2.30. The van der Waals surface area contributed by atoms with Crippen LogP contribution in [0.5, 0.6) is 0 Å². The van der Waals surface area contributed by atoms with E-state index >= 15 is 0 Å². The van der Waals surface area contributed by atoms with Gasteiger partial charge in [0.25, 0.3) is 0 Å². The predicted octanol–water partition coefficient (Wildman–Crippen LogP) is 3.26. The molecular formula is C17H26N2O. The monoisotopic (exact) mass is 274 g/mol. The minimum Gasteiger partial charge on any atom is -0.380 e. The van der Waals surface area contributed by atoms with Gasteiger partial charge in [-0.15, -0.1) is 0 Å². The summed E-state index contributed by atoms with van der Waals surface area (Å²) in [5, 5.41) is 3.80. The second-order valence-corrected chi connectivity index (χ2v) is 5.93. The van der Waals surface area contributed by atoms with E-state index in [1.54, 1.807) is 0 Å². The quantitative estimate of drug-likeness (QED) is 0.892. The Morgan fingerprint density at radius 2 is 2.10 bits per heavy atom. The van der Waals surface area contributed by atoms with Crippen molar-refractivity contribution >= 4 is 5.69 Å². The molecule has 0 amide bonds. The van der Waals surface area contributed by atoms with Crippen LogP contribution in [0.1, 0.15) is 38.2 Å². The lowest BCUT2D eigenvalue weighted by molar-refractivity contribution is 0.134. The summed E-state index contributed by atoms with van der Waals surface area (Å²) in [5.41, 5.74) is 2.54. The van der Waals surface area contributed by atoms with E-state index in [1.165, 1.54) is 50.0 Å². The van der Waals surface area contributed by atoms with Gasteiger partial charge in [-0.2, -0.15) is 0 Å². The maximum atomic E-state index is 5.58. The van der Waals surface area contributed by atoms with Gasteiger partial charge in [0.1, 0.15) is 0 Å². The van der Waals surface area contributed by atoms with Crippen molar-refractivity contribution in [2.24, 2.45) is 0 Å². The zero-order valence-corrected chi connectivity index (χ0v) is 12.5. The van der Waals surface area contributed by atoms with Crippen LogP contribution in [0, 0.1) is 0 Å². The molecule has 2 saturated heterocycles. The van der Waals surface area contributed by atoms with Crippen molar-refractivity contribution in [2.75, 3.05) is 25.0 Å². The Labute approximate surface area is 122 Å². The maximum absolute atomic E-state index is 5.58. The van der Waals surface area contributed by atoms with Gasteiger partial charge in [0.15, 0.2) is 0 Å². The molecule has 0 saturated carbocycles. The van der Waals surface area contributed by atoms with E-state index in [0.717, 1.165) is 12.6 Å². The summed E-state index contributed by atoms with van der Waals surface area (Å²) in [6.45, 7) is 6.08. The lowest BCUT2D eigenvalue weighted by Gasteiger charge is -2.33. The van der Waals surface area contributed by atoms with Gasteiger partial charge in [-0.1, -0.05) is 24.6 Å². The third kappa shape index (κ3) is 2.99. The van der Waals surface area contributed by atoms with Crippen LogP contribution < -0.4 is 5.32 Å². The number of nitrogens with zero attached hydrogens (tertiary/aromatic N) is 1. The van der Waals surface area contributed by atoms with Crippen LogP contribution in [-0.2, 0) is 11.3 Å². The van der Waals surface area contributed by atoms with Crippen molar-refractivity contribution < 1.29 is 4.74 Å². The van der Waals surface area contributed by atoms with Crippen LogP contribution in [0.4, 0.5) is 5.69 Å². The maximum Gasteiger partial charge on any atom is 0.0736 e. The Bertz CT molecular complexity index is 435. The number of piperidine rings is 1. The molecule has 1 N–H and O–H groups in total. The normalized spacial score (nSPS) is 26.4. The molecule has 2 atom stereocenters. The molecule has 1 aromatic carbocycles. The average molecular weight is 274 g/mol. The molecular weight excluding hydrogens is 248 g/mol. The lowest BCUT2D eigenvalue weighted by atomic mass is 9.98. The molecule has 3 heteroatoms. The van der Waals surface area contributed by atoms with E-state index in [-0.39, 0.29) is 0 Å². The number of benzene rings is 1. The van der Waals surface area contributed by atoms with Crippen molar-refractivity contribution in [3.05, 3.63) is 29.8 Å². The van der Waals surface area contributed by atoms with Gasteiger partial charge in [-0.05, 0) is 38.8 Å². The van der Waals surface area contributed by atoms with Gasteiger partial charge in [-0.25, -0.2) is 0 Å². The molecule has 0 aromatic heterocycles. The lowest BCUT2D eigenvalue weighted by Crippen LogP contribution is -2.41. The van der Waals surface area contributed by atoms with E-state index in [1.807, 2.05) is 6.92 Å². The second-order valence-electron chi connectivity index (χ2n) is 5.93. The summed E-state index contributed by atoms with van der Waals surface area (Å²) >= 11 is 0.